The lowest BCUT2D eigenvalue weighted by atomic mass is 10.1. The predicted octanol–water partition coefficient (Wildman–Crippen LogP) is 4.48. The van der Waals surface area contributed by atoms with E-state index in [1.807, 2.05) is 49.7 Å². The number of nitrogens with zero attached hydrogens (tertiary/aromatic N) is 3. The lowest BCUT2D eigenvalue weighted by molar-refractivity contribution is -0.113. The van der Waals surface area contributed by atoms with Crippen molar-refractivity contribution in [2.24, 2.45) is 7.05 Å². The largest absolute Gasteiger partial charge is 0.462 e. The molecule has 31 heavy (non-hydrogen) atoms. The van der Waals surface area contributed by atoms with E-state index in [4.69, 9.17) is 4.74 Å². The minimum atomic E-state index is -0.353. The number of carbonyl (C=O) groups excluding carboxylic acids is 2. The Morgan fingerprint density at radius 2 is 1.84 bits per heavy atom. The normalized spacial score (nSPS) is 10.7. The minimum absolute atomic E-state index is 0.163. The van der Waals surface area contributed by atoms with E-state index in [1.54, 1.807) is 24.3 Å². The molecular weight excluding hydrogens is 412 g/mol. The first-order valence-corrected chi connectivity index (χ1v) is 11.1. The molecule has 0 saturated carbocycles. The standard InChI is InChI=1S/C23H26N4O3S/c1-4-5-14-30-22(29)17-10-12-18(13-11-17)24-20(28)15-31-23-26-25-21(27(23)3)19-9-7-6-8-16(19)2/h6-13H,4-5,14-15H2,1-3H3,(H,24,28). The zero-order valence-corrected chi connectivity index (χ0v) is 18.7. The van der Waals surface area contributed by atoms with Crippen molar-refractivity contribution in [3.8, 4) is 11.4 Å². The van der Waals surface area contributed by atoms with Crippen LogP contribution in [0, 0.1) is 6.92 Å². The number of esters is 1. The second-order valence-corrected chi connectivity index (χ2v) is 8.03. The Balaban J connectivity index is 1.54. The average molecular weight is 439 g/mol. The first-order valence-electron chi connectivity index (χ1n) is 10.1. The van der Waals surface area contributed by atoms with E-state index >= 15 is 0 Å². The zero-order valence-electron chi connectivity index (χ0n) is 17.9. The van der Waals surface area contributed by atoms with Crippen molar-refractivity contribution in [2.45, 2.75) is 31.8 Å². The molecule has 2 aromatic carbocycles. The molecule has 3 rings (SSSR count). The Morgan fingerprint density at radius 3 is 2.55 bits per heavy atom. The summed E-state index contributed by atoms with van der Waals surface area (Å²) in [5.41, 5.74) is 3.22. The number of aromatic nitrogens is 3. The van der Waals surface area contributed by atoms with Crippen LogP contribution in [0.2, 0.25) is 0 Å². The number of benzene rings is 2. The van der Waals surface area contributed by atoms with Gasteiger partial charge in [-0.25, -0.2) is 4.79 Å². The van der Waals surface area contributed by atoms with Gasteiger partial charge in [-0.2, -0.15) is 0 Å². The monoisotopic (exact) mass is 438 g/mol. The first kappa shape index (κ1) is 22.6. The molecule has 1 N–H and O–H groups in total. The Hall–Kier alpha value is -3.13. The zero-order chi connectivity index (χ0) is 22.2. The summed E-state index contributed by atoms with van der Waals surface area (Å²) in [6.07, 6.45) is 1.81. The number of carbonyl (C=O) groups is 2. The third-order valence-electron chi connectivity index (χ3n) is 4.69. The number of ether oxygens (including phenoxy) is 1. The molecule has 0 unspecified atom stereocenters. The molecule has 1 heterocycles. The predicted molar refractivity (Wildman–Crippen MR) is 122 cm³/mol. The summed E-state index contributed by atoms with van der Waals surface area (Å²) in [5.74, 6) is 0.445. The van der Waals surface area contributed by atoms with Crippen LogP contribution in [-0.4, -0.2) is 39.0 Å². The Bertz CT molecular complexity index is 1050. The number of amides is 1. The molecular formula is C23H26N4O3S. The van der Waals surface area contributed by atoms with E-state index in [9.17, 15) is 9.59 Å². The Labute approximate surface area is 186 Å². The van der Waals surface area contributed by atoms with Crippen molar-refractivity contribution < 1.29 is 14.3 Å². The summed E-state index contributed by atoms with van der Waals surface area (Å²) in [6, 6.07) is 14.7. The van der Waals surface area contributed by atoms with E-state index in [2.05, 4.69) is 15.5 Å². The molecule has 0 atom stereocenters. The topological polar surface area (TPSA) is 86.1 Å². The summed E-state index contributed by atoms with van der Waals surface area (Å²) in [4.78, 5) is 24.3. The molecule has 1 aromatic heterocycles. The molecule has 8 heteroatoms. The maximum atomic E-state index is 12.3. The quantitative estimate of drug-likeness (QED) is 0.301. The van der Waals surface area contributed by atoms with Gasteiger partial charge in [0.05, 0.1) is 17.9 Å². The molecule has 0 radical (unpaired) electrons. The first-order chi connectivity index (χ1) is 15.0. The fourth-order valence-corrected chi connectivity index (χ4v) is 3.62. The van der Waals surface area contributed by atoms with Crippen molar-refractivity contribution in [1.29, 1.82) is 0 Å². The Morgan fingerprint density at radius 1 is 1.10 bits per heavy atom. The molecule has 0 spiro atoms. The highest BCUT2D eigenvalue weighted by molar-refractivity contribution is 7.99. The van der Waals surface area contributed by atoms with Crippen LogP contribution in [0.3, 0.4) is 0 Å². The second-order valence-electron chi connectivity index (χ2n) is 7.08. The summed E-state index contributed by atoms with van der Waals surface area (Å²) < 4.78 is 7.07. The van der Waals surface area contributed by atoms with Crippen LogP contribution < -0.4 is 5.32 Å². The van der Waals surface area contributed by atoms with E-state index in [-0.39, 0.29) is 17.6 Å². The molecule has 0 saturated heterocycles. The maximum Gasteiger partial charge on any atom is 0.338 e. The molecule has 0 aliphatic carbocycles. The van der Waals surface area contributed by atoms with E-state index in [1.165, 1.54) is 11.8 Å². The second kappa shape index (κ2) is 10.8. The van der Waals surface area contributed by atoms with Crippen molar-refractivity contribution in [3.63, 3.8) is 0 Å². The van der Waals surface area contributed by atoms with Crippen LogP contribution in [-0.2, 0) is 16.6 Å². The van der Waals surface area contributed by atoms with Crippen molar-refractivity contribution >= 4 is 29.3 Å². The lowest BCUT2D eigenvalue weighted by Gasteiger charge is -2.08. The molecule has 3 aromatic rings. The van der Waals surface area contributed by atoms with Crippen LogP contribution in [0.5, 0.6) is 0 Å². The van der Waals surface area contributed by atoms with Crippen LogP contribution >= 0.6 is 11.8 Å². The summed E-state index contributed by atoms with van der Waals surface area (Å²) in [7, 11) is 1.89. The third kappa shape index (κ3) is 5.95. The average Bonchev–Trinajstić information content (AvgIpc) is 3.13. The van der Waals surface area contributed by atoms with Crippen molar-refractivity contribution in [1.82, 2.24) is 14.8 Å². The summed E-state index contributed by atoms with van der Waals surface area (Å²) in [5, 5.41) is 12.0. The highest BCUT2D eigenvalue weighted by atomic mass is 32.2. The van der Waals surface area contributed by atoms with Crippen molar-refractivity contribution in [3.05, 3.63) is 59.7 Å². The van der Waals surface area contributed by atoms with Gasteiger partial charge in [0.25, 0.3) is 0 Å². The van der Waals surface area contributed by atoms with Crippen LogP contribution in [0.4, 0.5) is 5.69 Å². The van der Waals surface area contributed by atoms with Gasteiger partial charge in [0.2, 0.25) is 5.91 Å². The van der Waals surface area contributed by atoms with Crippen LogP contribution in [0.1, 0.15) is 35.7 Å². The molecule has 0 bridgehead atoms. The highest BCUT2D eigenvalue weighted by Crippen LogP contribution is 2.25. The third-order valence-corrected chi connectivity index (χ3v) is 5.71. The van der Waals surface area contributed by atoms with E-state index in [0.29, 0.717) is 23.0 Å². The number of thioether (sulfide) groups is 1. The fraction of sp³-hybridized carbons (Fsp3) is 0.304. The highest BCUT2D eigenvalue weighted by Gasteiger charge is 2.14. The van der Waals surface area contributed by atoms with Crippen LogP contribution in [0.15, 0.2) is 53.7 Å². The van der Waals surface area contributed by atoms with Gasteiger partial charge in [0.15, 0.2) is 11.0 Å². The molecule has 162 valence electrons. The number of hydrogen-bond donors (Lipinski definition) is 1. The molecule has 7 nitrogen and oxygen atoms in total. The molecule has 0 aliphatic rings. The van der Waals surface area contributed by atoms with Gasteiger partial charge in [-0.1, -0.05) is 49.4 Å². The van der Waals surface area contributed by atoms with Crippen LogP contribution in [0.25, 0.3) is 11.4 Å². The lowest BCUT2D eigenvalue weighted by Crippen LogP contribution is -2.14. The Kier molecular flexibility index (Phi) is 7.83. The van der Waals surface area contributed by atoms with Crippen molar-refractivity contribution in [2.75, 3.05) is 17.7 Å². The number of rotatable bonds is 9. The van der Waals surface area contributed by atoms with Gasteiger partial charge in [0.1, 0.15) is 0 Å². The smallest absolute Gasteiger partial charge is 0.338 e. The maximum absolute atomic E-state index is 12.3. The molecule has 0 fully saturated rings. The van der Waals surface area contributed by atoms with Gasteiger partial charge >= 0.3 is 5.97 Å². The van der Waals surface area contributed by atoms with Gasteiger partial charge in [-0.15, -0.1) is 10.2 Å². The fourth-order valence-electron chi connectivity index (χ4n) is 2.91. The van der Waals surface area contributed by atoms with Gasteiger partial charge in [0, 0.05) is 18.3 Å². The number of aryl methyl sites for hydroxylation is 1. The van der Waals surface area contributed by atoms with E-state index < -0.39 is 0 Å². The number of hydrogen-bond acceptors (Lipinski definition) is 6. The number of nitrogens with one attached hydrogen (secondary N) is 1. The van der Waals surface area contributed by atoms with E-state index in [0.717, 1.165) is 29.8 Å². The number of unbranched alkanes of at least 4 members (excludes halogenated alkanes) is 1. The van der Waals surface area contributed by atoms with Gasteiger partial charge in [-0.3, -0.25) is 4.79 Å². The summed E-state index contributed by atoms with van der Waals surface area (Å²) in [6.45, 7) is 4.48. The summed E-state index contributed by atoms with van der Waals surface area (Å²) >= 11 is 1.32. The molecule has 0 aliphatic heterocycles. The SMILES string of the molecule is CCCCOC(=O)c1ccc(NC(=O)CSc2nnc(-c3ccccc3C)n2C)cc1. The van der Waals surface area contributed by atoms with Gasteiger partial charge < -0.3 is 14.6 Å². The van der Waals surface area contributed by atoms with Gasteiger partial charge in [-0.05, 0) is 43.2 Å². The minimum Gasteiger partial charge on any atom is -0.462 e. The number of anilines is 1. The molecule has 1 amide bonds.